The third kappa shape index (κ3) is 2.96. The number of H-pyrrole nitrogens is 1. The molecule has 0 fully saturated rings. The highest BCUT2D eigenvalue weighted by Gasteiger charge is 2.36. The average Bonchev–Trinajstić information content (AvgIpc) is 3.06. The van der Waals surface area contributed by atoms with Crippen LogP contribution in [0.4, 0.5) is 0 Å². The number of halogens is 2. The van der Waals surface area contributed by atoms with Gasteiger partial charge in [0.2, 0.25) is 0 Å². The topological polar surface area (TPSA) is 19.0 Å². The summed E-state index contributed by atoms with van der Waals surface area (Å²) in [7, 11) is 4.35. The molecule has 1 aromatic heterocycles. The third-order valence-electron chi connectivity index (χ3n) is 5.66. The molecule has 4 rings (SSSR count). The lowest BCUT2D eigenvalue weighted by molar-refractivity contribution is 0.138. The molecule has 3 aromatic rings. The van der Waals surface area contributed by atoms with E-state index in [0.29, 0.717) is 10.0 Å². The van der Waals surface area contributed by atoms with Crippen molar-refractivity contribution in [1.29, 1.82) is 0 Å². The van der Waals surface area contributed by atoms with E-state index < -0.39 is 0 Å². The number of allylic oxidation sites excluding steroid dienone is 1. The summed E-state index contributed by atoms with van der Waals surface area (Å²) in [6.45, 7) is 0. The molecule has 0 radical (unpaired) electrons. The summed E-state index contributed by atoms with van der Waals surface area (Å²) in [4.78, 5) is 5.85. The highest BCUT2D eigenvalue weighted by molar-refractivity contribution is 6.38. The Morgan fingerprint density at radius 1 is 1.04 bits per heavy atom. The number of nitrogens with one attached hydrogen (secondary N) is 1. The Labute approximate surface area is 164 Å². The average molecular weight is 385 g/mol. The van der Waals surface area contributed by atoms with Crippen molar-refractivity contribution in [2.45, 2.75) is 24.8 Å². The molecule has 0 saturated heterocycles. The van der Waals surface area contributed by atoms with E-state index in [1.807, 2.05) is 6.07 Å². The van der Waals surface area contributed by atoms with E-state index in [2.05, 4.69) is 66.5 Å². The van der Waals surface area contributed by atoms with E-state index in [4.69, 9.17) is 23.2 Å². The maximum atomic E-state index is 6.35. The van der Waals surface area contributed by atoms with Crippen molar-refractivity contribution in [1.82, 2.24) is 9.88 Å². The fourth-order valence-electron chi connectivity index (χ4n) is 4.09. The maximum Gasteiger partial charge on any atom is 0.0514 e. The van der Waals surface area contributed by atoms with Crippen LogP contribution in [-0.4, -0.2) is 24.0 Å². The molecule has 1 aliphatic carbocycles. The van der Waals surface area contributed by atoms with Crippen LogP contribution in [0.25, 0.3) is 16.5 Å². The molecule has 1 unspecified atom stereocenters. The van der Waals surface area contributed by atoms with Crippen molar-refractivity contribution >= 4 is 39.7 Å². The van der Waals surface area contributed by atoms with Gasteiger partial charge in [0.1, 0.15) is 0 Å². The van der Waals surface area contributed by atoms with Gasteiger partial charge in [-0.05, 0) is 62.7 Å². The van der Waals surface area contributed by atoms with Crippen LogP contribution in [0.1, 0.15) is 30.5 Å². The molecule has 2 aromatic carbocycles. The summed E-state index contributed by atoms with van der Waals surface area (Å²) < 4.78 is 0. The first kappa shape index (κ1) is 17.7. The smallest absolute Gasteiger partial charge is 0.0514 e. The van der Waals surface area contributed by atoms with E-state index in [1.54, 1.807) is 6.07 Å². The van der Waals surface area contributed by atoms with Crippen LogP contribution >= 0.6 is 23.2 Å². The zero-order valence-electron chi connectivity index (χ0n) is 15.0. The minimum Gasteiger partial charge on any atom is -0.355 e. The lowest BCUT2D eigenvalue weighted by atomic mass is 9.76. The molecule has 1 aliphatic rings. The van der Waals surface area contributed by atoms with E-state index in [9.17, 15) is 0 Å². The van der Waals surface area contributed by atoms with Crippen LogP contribution in [0.15, 0.2) is 54.6 Å². The normalized spacial score (nSPS) is 20.6. The first-order chi connectivity index (χ1) is 12.5. The van der Waals surface area contributed by atoms with Crippen LogP contribution in [0, 0.1) is 0 Å². The van der Waals surface area contributed by atoms with Crippen molar-refractivity contribution in [2.75, 3.05) is 14.1 Å². The minimum absolute atomic E-state index is 0.0533. The van der Waals surface area contributed by atoms with Crippen molar-refractivity contribution in [3.63, 3.8) is 0 Å². The molecule has 1 N–H and O–H groups in total. The monoisotopic (exact) mass is 384 g/mol. The lowest BCUT2D eigenvalue weighted by Gasteiger charge is -2.42. The number of fused-ring (bicyclic) bond motifs is 1. The third-order valence-corrected chi connectivity index (χ3v) is 6.19. The molecule has 0 amide bonds. The molecular weight excluding hydrogens is 363 g/mol. The number of aromatic nitrogens is 1. The summed E-state index contributed by atoms with van der Waals surface area (Å²) in [5.41, 5.74) is 4.92. The largest absolute Gasteiger partial charge is 0.355 e. The Morgan fingerprint density at radius 3 is 2.46 bits per heavy atom. The Hall–Kier alpha value is -1.74. The van der Waals surface area contributed by atoms with Gasteiger partial charge >= 0.3 is 0 Å². The second kappa shape index (κ2) is 6.77. The van der Waals surface area contributed by atoms with Crippen molar-refractivity contribution in [2.24, 2.45) is 0 Å². The minimum atomic E-state index is 0.0533. The zero-order valence-corrected chi connectivity index (χ0v) is 16.5. The van der Waals surface area contributed by atoms with Crippen molar-refractivity contribution in [3.8, 4) is 0 Å². The molecule has 4 heteroatoms. The summed E-state index contributed by atoms with van der Waals surface area (Å²) in [5, 5.41) is 2.38. The van der Waals surface area contributed by atoms with E-state index in [0.717, 1.165) is 35.9 Å². The van der Waals surface area contributed by atoms with E-state index in [1.165, 1.54) is 11.1 Å². The van der Waals surface area contributed by atoms with Gasteiger partial charge < -0.3 is 4.98 Å². The Balaban J connectivity index is 1.70. The van der Waals surface area contributed by atoms with Crippen LogP contribution in [0.5, 0.6) is 0 Å². The number of hydrogen-bond donors (Lipinski definition) is 1. The van der Waals surface area contributed by atoms with E-state index >= 15 is 0 Å². The van der Waals surface area contributed by atoms with Gasteiger partial charge in [0.05, 0.1) is 5.02 Å². The number of rotatable bonds is 3. The van der Waals surface area contributed by atoms with Crippen molar-refractivity contribution < 1.29 is 0 Å². The van der Waals surface area contributed by atoms with Crippen LogP contribution in [0.3, 0.4) is 0 Å². The molecular formula is C22H22Cl2N2. The molecule has 134 valence electrons. The molecule has 1 heterocycles. The predicted octanol–water partition coefficient (Wildman–Crippen LogP) is 6.50. The van der Waals surface area contributed by atoms with Crippen molar-refractivity contribution in [3.05, 3.63) is 75.9 Å². The van der Waals surface area contributed by atoms with Gasteiger partial charge in [-0.3, -0.25) is 4.90 Å². The molecule has 0 aliphatic heterocycles. The predicted molar refractivity (Wildman–Crippen MR) is 112 cm³/mol. The summed E-state index contributed by atoms with van der Waals surface area (Å²) in [5.74, 6) is 0. The van der Waals surface area contributed by atoms with Gasteiger partial charge in [0.15, 0.2) is 0 Å². The second-order valence-electron chi connectivity index (χ2n) is 7.26. The quantitative estimate of drug-likeness (QED) is 0.545. The second-order valence-corrected chi connectivity index (χ2v) is 8.10. The van der Waals surface area contributed by atoms with Gasteiger partial charge in [0.25, 0.3) is 0 Å². The standard InChI is InChI=1S/C22H22Cl2N2/c1-26(2)22(16-6-4-3-5-7-16)10-8-15(9-11-22)20-14-18-19(24)12-17(23)13-21(18)25-20/h3-8,12-14,25H,9-11H2,1-2H3. The van der Waals surface area contributed by atoms with Gasteiger partial charge in [-0.25, -0.2) is 0 Å². The Morgan fingerprint density at radius 2 is 1.81 bits per heavy atom. The van der Waals surface area contributed by atoms with Crippen LogP contribution < -0.4 is 0 Å². The van der Waals surface area contributed by atoms with Gasteiger partial charge in [-0.1, -0.05) is 59.6 Å². The highest BCUT2D eigenvalue weighted by Crippen LogP contribution is 2.43. The van der Waals surface area contributed by atoms with Gasteiger partial charge in [-0.15, -0.1) is 0 Å². The number of hydrogen-bond acceptors (Lipinski definition) is 1. The molecule has 1 atom stereocenters. The number of benzene rings is 2. The summed E-state index contributed by atoms with van der Waals surface area (Å²) in [6.07, 6.45) is 5.46. The summed E-state index contributed by atoms with van der Waals surface area (Å²) >= 11 is 12.5. The van der Waals surface area contributed by atoms with Gasteiger partial charge in [-0.2, -0.15) is 0 Å². The first-order valence-corrected chi connectivity index (χ1v) is 9.65. The SMILES string of the molecule is CN(C)C1(c2ccccc2)CC=C(c2cc3c(Cl)cc(Cl)cc3[nH]2)CC1. The molecule has 26 heavy (non-hydrogen) atoms. The van der Waals surface area contributed by atoms with Gasteiger partial charge in [0, 0.05) is 27.2 Å². The van der Waals surface area contributed by atoms with E-state index in [-0.39, 0.29) is 5.54 Å². The molecule has 0 spiro atoms. The number of nitrogens with zero attached hydrogens (tertiary/aromatic N) is 1. The lowest BCUT2D eigenvalue weighted by Crippen LogP contribution is -2.42. The zero-order chi connectivity index (χ0) is 18.3. The summed E-state index contributed by atoms with van der Waals surface area (Å²) in [6, 6.07) is 16.7. The molecule has 0 bridgehead atoms. The Kier molecular flexibility index (Phi) is 4.60. The fraction of sp³-hybridized carbons (Fsp3) is 0.273. The fourth-order valence-corrected chi connectivity index (χ4v) is 4.64. The molecule has 2 nitrogen and oxygen atoms in total. The first-order valence-electron chi connectivity index (χ1n) is 8.90. The maximum absolute atomic E-state index is 6.35. The molecule has 0 saturated carbocycles. The van der Waals surface area contributed by atoms with Crippen LogP contribution in [0.2, 0.25) is 10.0 Å². The highest BCUT2D eigenvalue weighted by atomic mass is 35.5. The van der Waals surface area contributed by atoms with Crippen LogP contribution in [-0.2, 0) is 5.54 Å². The number of aromatic amines is 1. The Bertz CT molecular complexity index is 972.